The van der Waals surface area contributed by atoms with Gasteiger partial charge in [0.1, 0.15) is 12.2 Å². The molecule has 0 aromatic rings. The predicted molar refractivity (Wildman–Crippen MR) is 102 cm³/mol. The lowest BCUT2D eigenvalue weighted by molar-refractivity contribution is -0.272. The Kier molecular flexibility index (Phi) is 4.25. The predicted octanol–water partition coefficient (Wildman–Crippen LogP) is 0.419. The van der Waals surface area contributed by atoms with Crippen molar-refractivity contribution in [2.75, 3.05) is 13.2 Å². The molecule has 5 rings (SSSR count). The van der Waals surface area contributed by atoms with E-state index in [1.54, 1.807) is 13.8 Å². The van der Waals surface area contributed by atoms with Crippen molar-refractivity contribution in [1.82, 2.24) is 0 Å². The summed E-state index contributed by atoms with van der Waals surface area (Å²) >= 11 is 0. The van der Waals surface area contributed by atoms with Crippen molar-refractivity contribution in [1.29, 1.82) is 0 Å². The summed E-state index contributed by atoms with van der Waals surface area (Å²) in [5.74, 6) is -3.78. The highest BCUT2D eigenvalue weighted by atomic mass is 16.6. The zero-order valence-corrected chi connectivity index (χ0v) is 17.8. The third kappa shape index (κ3) is 2.19. The molecule has 0 radical (unpaired) electrons. The number of hydrogen-bond acceptors (Lipinski definition) is 9. The maximum absolute atomic E-state index is 13.1. The molecular formula is C22H28O9. The second-order valence-corrected chi connectivity index (χ2v) is 9.99. The Morgan fingerprint density at radius 1 is 1.29 bits per heavy atom. The molecule has 5 aliphatic rings. The first kappa shape index (κ1) is 20.9. The topological polar surface area (TPSA) is 140 Å². The zero-order chi connectivity index (χ0) is 22.5. The molecule has 3 aliphatic carbocycles. The molecule has 9 nitrogen and oxygen atoms in total. The SMILES string of the molecule is CCOC(=O)[C@@]12OCC34[C@H]1CC(=O)O[C@@H]3C[C@H]1C(C)=C(O)C(=O)C[C@]1(C)[C@H]4[C@@H](O)[C@@H]2O. The highest BCUT2D eigenvalue weighted by Crippen LogP contribution is 2.72. The van der Waals surface area contributed by atoms with Gasteiger partial charge in [-0.15, -0.1) is 0 Å². The van der Waals surface area contributed by atoms with Gasteiger partial charge in [0, 0.05) is 23.7 Å². The number of rotatable bonds is 2. The van der Waals surface area contributed by atoms with Gasteiger partial charge in [0.05, 0.1) is 25.7 Å². The Bertz CT molecular complexity index is 911. The lowest BCUT2D eigenvalue weighted by Gasteiger charge is -2.66. The Morgan fingerprint density at radius 3 is 2.68 bits per heavy atom. The fourth-order valence-corrected chi connectivity index (χ4v) is 7.80. The van der Waals surface area contributed by atoms with Crippen molar-refractivity contribution in [3.63, 3.8) is 0 Å². The molecule has 4 fully saturated rings. The van der Waals surface area contributed by atoms with Gasteiger partial charge in [-0.25, -0.2) is 4.79 Å². The van der Waals surface area contributed by atoms with Crippen LogP contribution in [0, 0.1) is 28.6 Å². The fraction of sp³-hybridized carbons (Fsp3) is 0.773. The van der Waals surface area contributed by atoms with Crippen LogP contribution in [0.4, 0.5) is 0 Å². The van der Waals surface area contributed by atoms with Gasteiger partial charge >= 0.3 is 11.9 Å². The summed E-state index contributed by atoms with van der Waals surface area (Å²) in [7, 11) is 0. The normalized spacial score (nSPS) is 50.5. The highest BCUT2D eigenvalue weighted by Gasteiger charge is 2.82. The molecule has 31 heavy (non-hydrogen) atoms. The van der Waals surface area contributed by atoms with Crippen LogP contribution in [-0.2, 0) is 28.6 Å². The van der Waals surface area contributed by atoms with Crippen LogP contribution in [-0.4, -0.2) is 70.2 Å². The number of ether oxygens (including phenoxy) is 3. The Balaban J connectivity index is 1.72. The van der Waals surface area contributed by atoms with E-state index in [0.717, 1.165) is 0 Å². The monoisotopic (exact) mass is 436 g/mol. The number of esters is 2. The maximum atomic E-state index is 13.1. The summed E-state index contributed by atoms with van der Waals surface area (Å²) in [6.45, 7) is 5.24. The number of carbonyl (C=O) groups excluding carboxylic acids is 3. The minimum Gasteiger partial charge on any atom is -0.504 e. The van der Waals surface area contributed by atoms with Gasteiger partial charge in [0.15, 0.2) is 17.1 Å². The van der Waals surface area contributed by atoms with E-state index in [4.69, 9.17) is 14.2 Å². The molecule has 9 heteroatoms. The number of aliphatic hydroxyl groups excluding tert-OH is 3. The van der Waals surface area contributed by atoms with Gasteiger partial charge in [0.25, 0.3) is 0 Å². The first-order valence-electron chi connectivity index (χ1n) is 10.8. The quantitative estimate of drug-likeness (QED) is 0.525. The second-order valence-electron chi connectivity index (χ2n) is 9.99. The van der Waals surface area contributed by atoms with Crippen molar-refractivity contribution in [3.8, 4) is 0 Å². The molecule has 1 spiro atoms. The van der Waals surface area contributed by atoms with E-state index in [1.807, 2.05) is 6.92 Å². The van der Waals surface area contributed by atoms with Crippen molar-refractivity contribution in [2.24, 2.45) is 28.6 Å². The molecule has 0 amide bonds. The molecule has 2 bridgehead atoms. The smallest absolute Gasteiger partial charge is 0.341 e. The second kappa shape index (κ2) is 6.30. The molecule has 0 aromatic carbocycles. The average molecular weight is 436 g/mol. The molecule has 3 N–H and O–H groups in total. The molecule has 2 saturated heterocycles. The van der Waals surface area contributed by atoms with Crippen LogP contribution >= 0.6 is 0 Å². The van der Waals surface area contributed by atoms with E-state index in [0.29, 0.717) is 12.0 Å². The highest BCUT2D eigenvalue weighted by molar-refractivity contribution is 5.95. The van der Waals surface area contributed by atoms with Crippen LogP contribution in [0.15, 0.2) is 11.3 Å². The van der Waals surface area contributed by atoms with Gasteiger partial charge in [-0.1, -0.05) is 6.92 Å². The third-order valence-electron chi connectivity index (χ3n) is 8.91. The largest absolute Gasteiger partial charge is 0.504 e. The number of aliphatic hydroxyl groups is 3. The number of allylic oxidation sites excluding steroid dienone is 2. The van der Waals surface area contributed by atoms with E-state index >= 15 is 0 Å². The molecule has 9 atom stereocenters. The van der Waals surface area contributed by atoms with Gasteiger partial charge in [-0.3, -0.25) is 9.59 Å². The van der Waals surface area contributed by atoms with Gasteiger partial charge in [0.2, 0.25) is 0 Å². The van der Waals surface area contributed by atoms with E-state index < -0.39 is 64.3 Å². The minimum absolute atomic E-state index is 0.00153. The summed E-state index contributed by atoms with van der Waals surface area (Å²) in [5, 5.41) is 33.0. The van der Waals surface area contributed by atoms with Crippen molar-refractivity contribution >= 4 is 17.7 Å². The van der Waals surface area contributed by atoms with Gasteiger partial charge in [-0.2, -0.15) is 0 Å². The number of ketones is 1. The number of carbonyl (C=O) groups is 3. The van der Waals surface area contributed by atoms with Crippen LogP contribution in [0.1, 0.15) is 40.0 Å². The molecule has 2 heterocycles. The molecule has 2 aliphatic heterocycles. The first-order valence-corrected chi connectivity index (χ1v) is 10.8. The Labute approximate surface area is 179 Å². The number of hydrogen-bond donors (Lipinski definition) is 3. The van der Waals surface area contributed by atoms with Crippen LogP contribution in [0.25, 0.3) is 0 Å². The summed E-state index contributed by atoms with van der Waals surface area (Å²) in [6, 6.07) is 0. The third-order valence-corrected chi connectivity index (χ3v) is 8.91. The van der Waals surface area contributed by atoms with Crippen molar-refractivity contribution in [3.05, 3.63) is 11.3 Å². The summed E-state index contributed by atoms with van der Waals surface area (Å²) in [4.78, 5) is 38.3. The summed E-state index contributed by atoms with van der Waals surface area (Å²) in [5.41, 5.74) is -3.13. The van der Waals surface area contributed by atoms with E-state index in [9.17, 15) is 29.7 Å². The fourth-order valence-electron chi connectivity index (χ4n) is 7.80. The van der Waals surface area contributed by atoms with Crippen LogP contribution in [0.5, 0.6) is 0 Å². The van der Waals surface area contributed by atoms with Gasteiger partial charge in [-0.05, 0) is 37.2 Å². The molecular weight excluding hydrogens is 408 g/mol. The van der Waals surface area contributed by atoms with Crippen molar-refractivity contribution in [2.45, 2.75) is 63.9 Å². The van der Waals surface area contributed by atoms with Crippen LogP contribution in [0.2, 0.25) is 0 Å². The Morgan fingerprint density at radius 2 is 2.00 bits per heavy atom. The summed E-state index contributed by atoms with van der Waals surface area (Å²) < 4.78 is 17.0. The Hall–Kier alpha value is -1.97. The minimum atomic E-state index is -1.86. The first-order chi connectivity index (χ1) is 14.6. The lowest BCUT2D eigenvalue weighted by Crippen LogP contribution is -2.76. The number of Topliss-reactive ketones (excluding diaryl/α,β-unsaturated/α-hetero) is 1. The molecule has 1 unspecified atom stereocenters. The molecule has 170 valence electrons. The van der Waals surface area contributed by atoms with Crippen molar-refractivity contribution < 1.29 is 43.9 Å². The average Bonchev–Trinajstić information content (AvgIpc) is 2.99. The maximum Gasteiger partial charge on any atom is 0.341 e. The zero-order valence-electron chi connectivity index (χ0n) is 17.8. The van der Waals surface area contributed by atoms with E-state index in [2.05, 4.69) is 0 Å². The van der Waals surface area contributed by atoms with Crippen LogP contribution in [0.3, 0.4) is 0 Å². The number of fused-ring (bicyclic) bond motifs is 2. The van der Waals surface area contributed by atoms with Gasteiger partial charge < -0.3 is 29.5 Å². The standard InChI is InChI=1S/C22H28O9/c1-4-29-19(28)22-12-6-14(24)31-13-5-10-9(2)15(25)11(23)7-20(10,3)17(16(26)18(22)27)21(12,13)8-30-22/h10,12-13,16-18,25-27H,4-8H2,1-3H3/t10-,12+,13+,16+,17+,18-,20-,21?,22+/m0/s1. The lowest BCUT2D eigenvalue weighted by atomic mass is 9.38. The molecule has 0 aromatic heterocycles. The van der Waals surface area contributed by atoms with E-state index in [-0.39, 0.29) is 37.7 Å². The van der Waals surface area contributed by atoms with Crippen LogP contribution < -0.4 is 0 Å². The molecule has 2 saturated carbocycles. The summed E-state index contributed by atoms with van der Waals surface area (Å²) in [6.07, 6.45) is -3.55. The van der Waals surface area contributed by atoms with E-state index in [1.165, 1.54) is 0 Å².